The van der Waals surface area contributed by atoms with Crippen LogP contribution in [0.15, 0.2) is 12.4 Å². The van der Waals surface area contributed by atoms with Crippen LogP contribution in [0, 0.1) is 5.92 Å². The lowest BCUT2D eigenvalue weighted by atomic mass is 10.2. The molecule has 0 aliphatic heterocycles. The molecule has 0 aliphatic rings. The first kappa shape index (κ1) is 12.3. The molecule has 7 heteroatoms. The Morgan fingerprint density at radius 1 is 1.62 bits per heavy atom. The number of rotatable bonds is 5. The van der Waals surface area contributed by atoms with Crippen LogP contribution in [-0.2, 0) is 11.3 Å². The minimum atomic E-state index is -0.982. The maximum Gasteiger partial charge on any atom is 0.282 e. The van der Waals surface area contributed by atoms with E-state index in [1.165, 1.54) is 4.90 Å². The molecule has 88 valence electrons. The lowest BCUT2D eigenvalue weighted by Crippen LogP contribution is -2.34. The van der Waals surface area contributed by atoms with Crippen molar-refractivity contribution in [2.45, 2.75) is 20.4 Å². The molecule has 6 nitrogen and oxygen atoms in total. The van der Waals surface area contributed by atoms with Crippen LogP contribution in [0.2, 0.25) is 0 Å². The van der Waals surface area contributed by atoms with Crippen molar-refractivity contribution < 1.29 is 9.18 Å². The third-order valence-electron chi connectivity index (χ3n) is 1.83. The van der Waals surface area contributed by atoms with E-state index in [0.717, 1.165) is 0 Å². The topological polar surface area (TPSA) is 74.8 Å². The maximum absolute atomic E-state index is 12.8. The molecule has 1 aromatic heterocycles. The third-order valence-corrected chi connectivity index (χ3v) is 1.83. The van der Waals surface area contributed by atoms with E-state index < -0.39 is 11.7 Å². The van der Waals surface area contributed by atoms with Crippen molar-refractivity contribution in [2.24, 2.45) is 5.92 Å². The van der Waals surface area contributed by atoms with Crippen LogP contribution < -0.4 is 0 Å². The van der Waals surface area contributed by atoms with Crippen LogP contribution in [0.1, 0.15) is 19.7 Å². The molecule has 0 fully saturated rings. The summed E-state index contributed by atoms with van der Waals surface area (Å²) in [4.78, 5) is 12.8. The van der Waals surface area contributed by atoms with Gasteiger partial charge in [-0.1, -0.05) is 25.6 Å². The molecule has 0 saturated carbocycles. The van der Waals surface area contributed by atoms with Crippen LogP contribution in [0.5, 0.6) is 0 Å². The molecular weight excluding hydrogens is 213 g/mol. The van der Waals surface area contributed by atoms with E-state index in [2.05, 4.69) is 27.2 Å². The zero-order chi connectivity index (χ0) is 12.1. The first-order valence-corrected chi connectivity index (χ1v) is 4.86. The molecule has 0 unspecified atom stereocenters. The Bertz CT molecular complexity index is 362. The fraction of sp³-hybridized carbons (Fsp3) is 0.556. The molecule has 0 aromatic carbocycles. The van der Waals surface area contributed by atoms with Gasteiger partial charge in [-0.2, -0.15) is 5.21 Å². The number of aromatic nitrogens is 4. The van der Waals surface area contributed by atoms with Gasteiger partial charge in [-0.3, -0.25) is 4.79 Å². The van der Waals surface area contributed by atoms with Gasteiger partial charge in [0.15, 0.2) is 11.7 Å². The van der Waals surface area contributed by atoms with Gasteiger partial charge in [0.05, 0.1) is 6.54 Å². The van der Waals surface area contributed by atoms with Crippen molar-refractivity contribution in [3.05, 3.63) is 18.2 Å². The van der Waals surface area contributed by atoms with E-state index in [0.29, 0.717) is 12.4 Å². The van der Waals surface area contributed by atoms with Crippen molar-refractivity contribution in [1.82, 2.24) is 25.5 Å². The Morgan fingerprint density at radius 3 is 2.75 bits per heavy atom. The van der Waals surface area contributed by atoms with Crippen LogP contribution in [-0.4, -0.2) is 38.0 Å². The number of hydrogen-bond acceptors (Lipinski definition) is 4. The Balaban J connectivity index is 2.71. The number of hydrogen-bond donors (Lipinski definition) is 1. The van der Waals surface area contributed by atoms with Gasteiger partial charge >= 0.3 is 0 Å². The van der Waals surface area contributed by atoms with Gasteiger partial charge in [0.25, 0.3) is 5.91 Å². The van der Waals surface area contributed by atoms with Gasteiger partial charge in [0.1, 0.15) is 0 Å². The quantitative estimate of drug-likeness (QED) is 0.750. The van der Waals surface area contributed by atoms with Gasteiger partial charge < -0.3 is 4.90 Å². The maximum atomic E-state index is 12.8. The van der Waals surface area contributed by atoms with E-state index in [4.69, 9.17) is 0 Å². The summed E-state index contributed by atoms with van der Waals surface area (Å²) < 4.78 is 12.8. The lowest BCUT2D eigenvalue weighted by Gasteiger charge is -2.21. The molecule has 1 rings (SSSR count). The highest BCUT2D eigenvalue weighted by Gasteiger charge is 2.19. The Hall–Kier alpha value is -1.79. The number of carbonyl (C=O) groups is 1. The smallest absolute Gasteiger partial charge is 0.282 e. The number of carbonyl (C=O) groups excluding carboxylic acids is 1. The van der Waals surface area contributed by atoms with Crippen molar-refractivity contribution in [1.29, 1.82) is 0 Å². The molecule has 1 heterocycles. The van der Waals surface area contributed by atoms with Gasteiger partial charge in [0.2, 0.25) is 0 Å². The second kappa shape index (κ2) is 5.34. The van der Waals surface area contributed by atoms with Gasteiger partial charge in [-0.15, -0.1) is 10.2 Å². The van der Waals surface area contributed by atoms with E-state index in [1.54, 1.807) is 0 Å². The summed E-state index contributed by atoms with van der Waals surface area (Å²) in [6.45, 7) is 7.38. The van der Waals surface area contributed by atoms with E-state index in [9.17, 15) is 9.18 Å². The molecule has 0 radical (unpaired) electrons. The molecule has 0 saturated heterocycles. The summed E-state index contributed by atoms with van der Waals surface area (Å²) in [6, 6.07) is 0. The number of halogens is 1. The normalized spacial score (nSPS) is 10.5. The van der Waals surface area contributed by atoms with Crippen LogP contribution in [0.25, 0.3) is 0 Å². The molecule has 0 bridgehead atoms. The van der Waals surface area contributed by atoms with Crippen LogP contribution >= 0.6 is 0 Å². The number of nitrogens with one attached hydrogen (secondary N) is 1. The average molecular weight is 227 g/mol. The Kier molecular flexibility index (Phi) is 4.10. The van der Waals surface area contributed by atoms with E-state index in [-0.39, 0.29) is 12.5 Å². The summed E-state index contributed by atoms with van der Waals surface area (Å²) >= 11 is 0. The predicted molar refractivity (Wildman–Crippen MR) is 54.7 cm³/mol. The first-order chi connectivity index (χ1) is 7.50. The molecule has 1 aromatic rings. The van der Waals surface area contributed by atoms with Crippen molar-refractivity contribution in [3.8, 4) is 0 Å². The highest BCUT2D eigenvalue weighted by molar-refractivity contribution is 5.90. The third kappa shape index (κ3) is 3.41. The molecular formula is C9H14FN5O. The summed E-state index contributed by atoms with van der Waals surface area (Å²) in [5, 5.41) is 13.1. The monoisotopic (exact) mass is 227 g/mol. The second-order valence-electron chi connectivity index (χ2n) is 3.81. The van der Waals surface area contributed by atoms with Gasteiger partial charge in [-0.25, -0.2) is 4.39 Å². The van der Waals surface area contributed by atoms with Gasteiger partial charge in [-0.05, 0) is 5.92 Å². The van der Waals surface area contributed by atoms with Crippen LogP contribution in [0.3, 0.4) is 0 Å². The fourth-order valence-electron chi connectivity index (χ4n) is 1.25. The first-order valence-electron chi connectivity index (χ1n) is 4.86. The molecule has 1 N–H and O–H groups in total. The fourth-order valence-corrected chi connectivity index (χ4v) is 1.25. The number of amides is 1. The lowest BCUT2D eigenvalue weighted by molar-refractivity contribution is -0.129. The Labute approximate surface area is 92.5 Å². The van der Waals surface area contributed by atoms with Crippen molar-refractivity contribution in [2.75, 3.05) is 6.54 Å². The molecule has 0 aliphatic carbocycles. The summed E-state index contributed by atoms with van der Waals surface area (Å²) in [7, 11) is 0. The molecule has 1 amide bonds. The average Bonchev–Trinajstić information content (AvgIpc) is 2.67. The highest BCUT2D eigenvalue weighted by atomic mass is 19.1. The number of H-pyrrole nitrogens is 1. The largest absolute Gasteiger partial charge is 0.329 e. The summed E-state index contributed by atoms with van der Waals surface area (Å²) in [6.07, 6.45) is 0. The van der Waals surface area contributed by atoms with Crippen LogP contribution in [0.4, 0.5) is 4.39 Å². The predicted octanol–water partition coefficient (Wildman–Crippen LogP) is 0.667. The standard InChI is InChI=1S/C9H14FN5O/c1-6(2)4-15(9(16)7(3)10)5-8-11-13-14-12-8/h6H,3-5H2,1-2H3,(H,11,12,13,14). The minimum Gasteiger partial charge on any atom is -0.329 e. The number of nitrogens with zero attached hydrogens (tertiary/aromatic N) is 4. The second-order valence-corrected chi connectivity index (χ2v) is 3.81. The zero-order valence-electron chi connectivity index (χ0n) is 9.27. The summed E-state index contributed by atoms with van der Waals surface area (Å²) in [5.41, 5.74) is 0. The van der Waals surface area contributed by atoms with E-state index in [1.807, 2.05) is 13.8 Å². The van der Waals surface area contributed by atoms with E-state index >= 15 is 0 Å². The Morgan fingerprint density at radius 2 is 2.31 bits per heavy atom. The zero-order valence-corrected chi connectivity index (χ0v) is 9.27. The van der Waals surface area contributed by atoms with Crippen molar-refractivity contribution in [3.63, 3.8) is 0 Å². The number of aromatic amines is 1. The van der Waals surface area contributed by atoms with Crippen molar-refractivity contribution >= 4 is 5.91 Å². The summed E-state index contributed by atoms with van der Waals surface area (Å²) in [5.74, 6) is -1.16. The number of tetrazole rings is 1. The minimum absolute atomic E-state index is 0.121. The van der Waals surface area contributed by atoms with Gasteiger partial charge in [0, 0.05) is 6.54 Å². The highest BCUT2D eigenvalue weighted by Crippen LogP contribution is 2.08. The molecule has 0 atom stereocenters. The molecule has 16 heavy (non-hydrogen) atoms. The molecule has 0 spiro atoms. The SMILES string of the molecule is C=C(F)C(=O)N(Cc1nn[nH]n1)CC(C)C.